The molecule has 0 radical (unpaired) electrons. The molecule has 0 aliphatic heterocycles. The summed E-state index contributed by atoms with van der Waals surface area (Å²) in [5, 5.41) is 7.59. The standard InChI is InChI=1S/C23H21N5O2S/c24-20-17-11-15-10-14(13-4-2-1-3-5-13)6-9-18(15)25-23(17)31-21(20)22(29)26-19-12-28(27-30-19)16-7-8-16/h1-5,11-12,14,16H,6-10H2,(H2-,24,26,27,29)/p+1. The largest absolute Gasteiger partial charge is 0.397 e. The Morgan fingerprint density at radius 2 is 2.06 bits per heavy atom. The number of amides is 1. The number of nitrogens with one attached hydrogen (secondary N) is 1. The monoisotopic (exact) mass is 432 g/mol. The molecule has 1 aromatic carbocycles. The van der Waals surface area contributed by atoms with Gasteiger partial charge in [-0.3, -0.25) is 14.6 Å². The van der Waals surface area contributed by atoms with Gasteiger partial charge in [-0.25, -0.2) is 4.98 Å². The number of aromatic nitrogens is 3. The molecular formula is C23H22N5O2S+. The average Bonchev–Trinajstić information content (AvgIpc) is 3.47. The van der Waals surface area contributed by atoms with Crippen molar-refractivity contribution in [2.75, 3.05) is 11.1 Å². The highest BCUT2D eigenvalue weighted by Gasteiger charge is 2.36. The smallest absolute Gasteiger partial charge is 0.302 e. The first-order valence-corrected chi connectivity index (χ1v) is 11.4. The minimum atomic E-state index is -0.292. The fourth-order valence-corrected chi connectivity index (χ4v) is 5.35. The molecule has 7 nitrogen and oxygen atoms in total. The van der Waals surface area contributed by atoms with Gasteiger partial charge in [-0.2, -0.15) is 0 Å². The van der Waals surface area contributed by atoms with Gasteiger partial charge in [0.1, 0.15) is 9.71 Å². The lowest BCUT2D eigenvalue weighted by molar-refractivity contribution is -0.765. The number of nitrogens with two attached hydrogens (primary N) is 1. The number of aryl methyl sites for hydroxylation is 1. The number of nitrogen functional groups attached to an aromatic ring is 1. The fourth-order valence-electron chi connectivity index (χ4n) is 4.36. The van der Waals surface area contributed by atoms with Gasteiger partial charge in [-0.1, -0.05) is 30.3 Å². The Labute approximate surface area is 182 Å². The third kappa shape index (κ3) is 3.37. The maximum absolute atomic E-state index is 12.9. The molecule has 1 saturated carbocycles. The predicted molar refractivity (Wildman–Crippen MR) is 118 cm³/mol. The first-order chi connectivity index (χ1) is 15.2. The number of carbonyl (C=O) groups is 1. The van der Waals surface area contributed by atoms with Crippen LogP contribution in [0.2, 0.25) is 0 Å². The van der Waals surface area contributed by atoms with E-state index in [1.807, 2.05) is 6.07 Å². The Bertz CT molecular complexity index is 1290. The molecule has 0 spiro atoms. The normalized spacial score (nSPS) is 18.1. The Morgan fingerprint density at radius 3 is 2.87 bits per heavy atom. The number of nitrogens with zero attached hydrogens (tertiary/aromatic N) is 3. The Kier molecular flexibility index (Phi) is 4.27. The first-order valence-electron chi connectivity index (χ1n) is 10.6. The van der Waals surface area contributed by atoms with Crippen molar-refractivity contribution >= 4 is 39.0 Å². The van der Waals surface area contributed by atoms with E-state index in [1.165, 1.54) is 22.5 Å². The predicted octanol–water partition coefficient (Wildman–Crippen LogP) is 4.01. The van der Waals surface area contributed by atoms with Gasteiger partial charge < -0.3 is 5.73 Å². The second kappa shape index (κ2) is 7.16. The second-order valence-corrected chi connectivity index (χ2v) is 9.37. The summed E-state index contributed by atoms with van der Waals surface area (Å²) in [4.78, 5) is 19.0. The average molecular weight is 433 g/mol. The SMILES string of the molecule is Nc1c(C(=O)Nc2c[n+](C3CC3)no2)sc2nc3c(cc12)CC(c1ccccc1)CC3. The summed E-state index contributed by atoms with van der Waals surface area (Å²) in [7, 11) is 0. The number of benzene rings is 1. The number of rotatable bonds is 4. The van der Waals surface area contributed by atoms with Crippen molar-refractivity contribution < 1.29 is 14.0 Å². The van der Waals surface area contributed by atoms with Crippen LogP contribution < -0.4 is 15.7 Å². The maximum Gasteiger partial charge on any atom is 0.302 e. The number of anilines is 2. The van der Waals surface area contributed by atoms with E-state index >= 15 is 0 Å². The highest BCUT2D eigenvalue weighted by Crippen LogP contribution is 2.38. The Balaban J connectivity index is 1.28. The maximum atomic E-state index is 12.9. The van der Waals surface area contributed by atoms with Crippen molar-refractivity contribution in [3.63, 3.8) is 0 Å². The van der Waals surface area contributed by atoms with Crippen molar-refractivity contribution in [1.29, 1.82) is 0 Å². The van der Waals surface area contributed by atoms with Crippen LogP contribution in [0, 0.1) is 0 Å². The number of thiophene rings is 1. The van der Waals surface area contributed by atoms with Crippen molar-refractivity contribution in [2.24, 2.45) is 0 Å². The van der Waals surface area contributed by atoms with Crippen LogP contribution in [0.3, 0.4) is 0 Å². The minimum Gasteiger partial charge on any atom is -0.397 e. The van der Waals surface area contributed by atoms with Gasteiger partial charge in [-0.05, 0) is 47.1 Å². The van der Waals surface area contributed by atoms with Crippen molar-refractivity contribution in [2.45, 2.75) is 44.1 Å². The lowest BCUT2D eigenvalue weighted by atomic mass is 9.82. The molecule has 6 rings (SSSR count). The van der Waals surface area contributed by atoms with Crippen LogP contribution in [0.5, 0.6) is 0 Å². The molecule has 3 N–H and O–H groups in total. The number of fused-ring (bicyclic) bond motifs is 2. The molecule has 0 saturated heterocycles. The molecule has 0 bridgehead atoms. The zero-order chi connectivity index (χ0) is 20.9. The molecule has 4 aromatic rings. The highest BCUT2D eigenvalue weighted by molar-refractivity contribution is 7.21. The number of pyridine rings is 1. The number of hydrogen-bond donors (Lipinski definition) is 2. The lowest BCUT2D eigenvalue weighted by Gasteiger charge is -2.24. The molecule has 1 unspecified atom stereocenters. The molecule has 156 valence electrons. The lowest BCUT2D eigenvalue weighted by Crippen LogP contribution is -2.32. The van der Waals surface area contributed by atoms with Gasteiger partial charge in [0.25, 0.3) is 12.1 Å². The third-order valence-electron chi connectivity index (χ3n) is 6.20. The summed E-state index contributed by atoms with van der Waals surface area (Å²) in [5.41, 5.74) is 10.6. The zero-order valence-corrected chi connectivity index (χ0v) is 17.7. The van der Waals surface area contributed by atoms with Crippen molar-refractivity contribution in [3.05, 3.63) is 64.3 Å². The summed E-state index contributed by atoms with van der Waals surface area (Å²) in [5.74, 6) is 0.520. The molecule has 3 aromatic heterocycles. The second-order valence-electron chi connectivity index (χ2n) is 8.37. The van der Waals surface area contributed by atoms with Crippen LogP contribution in [0.15, 0.2) is 47.1 Å². The zero-order valence-electron chi connectivity index (χ0n) is 16.9. The van der Waals surface area contributed by atoms with Crippen LogP contribution in [0.25, 0.3) is 10.2 Å². The summed E-state index contributed by atoms with van der Waals surface area (Å²) in [6, 6.07) is 13.1. The van der Waals surface area contributed by atoms with E-state index in [2.05, 4.69) is 40.9 Å². The van der Waals surface area contributed by atoms with Gasteiger partial charge in [-0.15, -0.1) is 11.3 Å². The molecule has 2 aliphatic rings. The summed E-state index contributed by atoms with van der Waals surface area (Å²) in [6.45, 7) is 0. The van der Waals surface area contributed by atoms with Crippen LogP contribution in [0.4, 0.5) is 11.6 Å². The van der Waals surface area contributed by atoms with Crippen molar-refractivity contribution in [3.8, 4) is 0 Å². The Morgan fingerprint density at radius 1 is 1.23 bits per heavy atom. The van der Waals surface area contributed by atoms with Gasteiger partial charge in [0, 0.05) is 23.9 Å². The molecule has 8 heteroatoms. The summed E-state index contributed by atoms with van der Waals surface area (Å²) >= 11 is 1.33. The fraction of sp³-hybridized carbons (Fsp3) is 0.304. The van der Waals surface area contributed by atoms with Crippen molar-refractivity contribution in [1.82, 2.24) is 10.3 Å². The van der Waals surface area contributed by atoms with E-state index in [9.17, 15) is 4.79 Å². The number of carbonyl (C=O) groups excluding carboxylic acids is 1. The van der Waals surface area contributed by atoms with Crippen LogP contribution in [0.1, 0.15) is 57.7 Å². The third-order valence-corrected chi connectivity index (χ3v) is 7.32. The molecule has 1 atom stereocenters. The quantitative estimate of drug-likeness (QED) is 0.475. The Hall–Kier alpha value is -3.26. The molecule has 31 heavy (non-hydrogen) atoms. The van der Waals surface area contributed by atoms with Gasteiger partial charge >= 0.3 is 5.88 Å². The van der Waals surface area contributed by atoms with Gasteiger partial charge in [0.15, 0.2) is 6.04 Å². The molecule has 1 fully saturated rings. The van der Waals surface area contributed by atoms with Crippen LogP contribution in [-0.2, 0) is 12.8 Å². The number of hydrogen-bond acceptors (Lipinski definition) is 6. The molecular weight excluding hydrogens is 410 g/mol. The van der Waals surface area contributed by atoms with Gasteiger partial charge in [0.05, 0.1) is 5.69 Å². The van der Waals surface area contributed by atoms with Crippen LogP contribution in [-0.4, -0.2) is 16.2 Å². The summed E-state index contributed by atoms with van der Waals surface area (Å²) in [6.07, 6.45) is 6.86. The van der Waals surface area contributed by atoms with E-state index in [0.29, 0.717) is 28.4 Å². The van der Waals surface area contributed by atoms with E-state index in [1.54, 1.807) is 10.9 Å². The van der Waals surface area contributed by atoms with E-state index in [4.69, 9.17) is 15.2 Å². The van der Waals surface area contributed by atoms with Crippen LogP contribution >= 0.6 is 11.3 Å². The first kappa shape index (κ1) is 18.5. The minimum absolute atomic E-state index is 0.292. The topological polar surface area (TPSA) is 97.9 Å². The molecule has 2 aliphatic carbocycles. The highest BCUT2D eigenvalue weighted by atomic mass is 32.1. The van der Waals surface area contributed by atoms with Gasteiger partial charge in [0.2, 0.25) is 5.27 Å². The molecule has 1 amide bonds. The van der Waals surface area contributed by atoms with E-state index in [0.717, 1.165) is 48.0 Å². The molecule has 3 heterocycles. The van der Waals surface area contributed by atoms with E-state index in [-0.39, 0.29) is 5.91 Å². The summed E-state index contributed by atoms with van der Waals surface area (Å²) < 4.78 is 6.99. The van der Waals surface area contributed by atoms with E-state index < -0.39 is 0 Å².